The van der Waals surface area contributed by atoms with E-state index >= 15 is 0 Å². The van der Waals surface area contributed by atoms with E-state index in [1.165, 1.54) is 6.08 Å². The van der Waals surface area contributed by atoms with E-state index in [0.29, 0.717) is 11.0 Å². The first kappa shape index (κ1) is 19.4. The molecule has 0 saturated heterocycles. The van der Waals surface area contributed by atoms with Gasteiger partial charge in [0, 0.05) is 35.8 Å². The van der Waals surface area contributed by atoms with Crippen LogP contribution in [0, 0.1) is 13.8 Å². The van der Waals surface area contributed by atoms with Gasteiger partial charge in [0.05, 0.1) is 11.4 Å². The quantitative estimate of drug-likeness (QED) is 0.597. The molecule has 1 N–H and O–H groups in total. The summed E-state index contributed by atoms with van der Waals surface area (Å²) in [4.78, 5) is 12.5. The van der Waals surface area contributed by atoms with Gasteiger partial charge >= 0.3 is 0 Å². The van der Waals surface area contributed by atoms with Gasteiger partial charge in [-0.1, -0.05) is 39.7 Å². The molecule has 3 aromatic rings. The van der Waals surface area contributed by atoms with Gasteiger partial charge in [0.2, 0.25) is 5.91 Å². The summed E-state index contributed by atoms with van der Waals surface area (Å²) in [6.07, 6.45) is 3.12. The first-order valence-corrected chi connectivity index (χ1v) is 9.42. The number of carbonyl (C=O) groups is 1. The lowest BCUT2D eigenvalue weighted by Crippen LogP contribution is -2.12. The lowest BCUT2D eigenvalue weighted by atomic mass is 10.1. The fourth-order valence-electron chi connectivity index (χ4n) is 2.92. The van der Waals surface area contributed by atoms with Crippen LogP contribution >= 0.6 is 27.5 Å². The smallest absolute Gasteiger partial charge is 0.249 e. The van der Waals surface area contributed by atoms with Crippen molar-refractivity contribution in [1.29, 1.82) is 0 Å². The molecule has 140 valence electrons. The van der Waals surface area contributed by atoms with Crippen molar-refractivity contribution < 1.29 is 4.79 Å². The second kappa shape index (κ2) is 7.70. The zero-order chi connectivity index (χ0) is 19.7. The van der Waals surface area contributed by atoms with Crippen LogP contribution in [0.3, 0.4) is 0 Å². The van der Waals surface area contributed by atoms with E-state index in [9.17, 15) is 4.79 Å². The van der Waals surface area contributed by atoms with Gasteiger partial charge in [-0.2, -0.15) is 10.2 Å². The van der Waals surface area contributed by atoms with Crippen molar-refractivity contribution in [1.82, 2.24) is 19.6 Å². The molecule has 0 unspecified atom stereocenters. The van der Waals surface area contributed by atoms with Crippen LogP contribution in [0.15, 0.2) is 34.8 Å². The molecular weight excluding hydrogens is 430 g/mol. The average Bonchev–Trinajstić information content (AvgIpc) is 3.02. The molecule has 0 aliphatic heterocycles. The largest absolute Gasteiger partial charge is 0.307 e. The zero-order valence-electron chi connectivity index (χ0n) is 15.4. The summed E-state index contributed by atoms with van der Waals surface area (Å²) in [5.74, 6) is 0.370. The molecule has 0 aliphatic rings. The molecule has 2 heterocycles. The number of hydrogen-bond acceptors (Lipinski definition) is 3. The molecular formula is C19H19BrClN5O. The molecule has 6 nitrogen and oxygen atoms in total. The monoisotopic (exact) mass is 447 g/mol. The van der Waals surface area contributed by atoms with Crippen molar-refractivity contribution >= 4 is 45.3 Å². The highest BCUT2D eigenvalue weighted by atomic mass is 79.9. The van der Waals surface area contributed by atoms with E-state index in [4.69, 9.17) is 11.6 Å². The number of hydrogen-bond donors (Lipinski definition) is 1. The Morgan fingerprint density at radius 2 is 1.74 bits per heavy atom. The number of aryl methyl sites for hydroxylation is 4. The summed E-state index contributed by atoms with van der Waals surface area (Å²) in [6.45, 7) is 3.77. The fraction of sp³-hybridized carbons (Fsp3) is 0.211. The standard InChI is InChI=1S/C19H19BrClN5O/c1-11-15(18(21)25(3)23-11)9-10-16(27)22-19-17(12(2)24-26(19)4)13-5-7-14(20)8-6-13/h5-10H,1-4H3,(H,22,27)/b10-9+. The van der Waals surface area contributed by atoms with Gasteiger partial charge < -0.3 is 5.32 Å². The minimum Gasteiger partial charge on any atom is -0.307 e. The lowest BCUT2D eigenvalue weighted by Gasteiger charge is -2.08. The highest BCUT2D eigenvalue weighted by molar-refractivity contribution is 9.10. The molecule has 3 rings (SSSR count). The Morgan fingerprint density at radius 3 is 2.33 bits per heavy atom. The van der Waals surface area contributed by atoms with Gasteiger partial charge in [-0.25, -0.2) is 0 Å². The van der Waals surface area contributed by atoms with Crippen molar-refractivity contribution in [2.75, 3.05) is 5.32 Å². The van der Waals surface area contributed by atoms with Gasteiger partial charge in [0.1, 0.15) is 11.0 Å². The second-order valence-corrected chi connectivity index (χ2v) is 7.45. The number of amides is 1. The first-order valence-electron chi connectivity index (χ1n) is 8.25. The van der Waals surface area contributed by atoms with Crippen molar-refractivity contribution in [2.24, 2.45) is 14.1 Å². The van der Waals surface area contributed by atoms with E-state index in [2.05, 4.69) is 31.4 Å². The van der Waals surface area contributed by atoms with Gasteiger partial charge in [0.25, 0.3) is 0 Å². The predicted molar refractivity (Wildman–Crippen MR) is 112 cm³/mol. The Morgan fingerprint density at radius 1 is 1.11 bits per heavy atom. The number of anilines is 1. The molecule has 0 spiro atoms. The van der Waals surface area contributed by atoms with E-state index < -0.39 is 0 Å². The highest BCUT2D eigenvalue weighted by Gasteiger charge is 2.17. The number of carbonyl (C=O) groups excluding carboxylic acids is 1. The second-order valence-electron chi connectivity index (χ2n) is 6.18. The number of nitrogens with zero attached hydrogens (tertiary/aromatic N) is 4. The summed E-state index contributed by atoms with van der Waals surface area (Å²) in [7, 11) is 3.56. The summed E-state index contributed by atoms with van der Waals surface area (Å²) >= 11 is 9.64. The minimum absolute atomic E-state index is 0.268. The summed E-state index contributed by atoms with van der Waals surface area (Å²) < 4.78 is 4.23. The van der Waals surface area contributed by atoms with E-state index in [1.54, 1.807) is 29.5 Å². The number of benzene rings is 1. The molecule has 1 amide bonds. The van der Waals surface area contributed by atoms with Crippen LogP contribution in [0.5, 0.6) is 0 Å². The average molecular weight is 449 g/mol. The molecule has 27 heavy (non-hydrogen) atoms. The number of halogens is 2. The van der Waals surface area contributed by atoms with E-state index in [-0.39, 0.29) is 5.91 Å². The Bertz CT molecular complexity index is 1030. The predicted octanol–water partition coefficient (Wildman–Crippen LogP) is 4.51. The van der Waals surface area contributed by atoms with E-state index in [1.807, 2.05) is 38.1 Å². The minimum atomic E-state index is -0.268. The maximum Gasteiger partial charge on any atom is 0.249 e. The van der Waals surface area contributed by atoms with Crippen molar-refractivity contribution in [3.63, 3.8) is 0 Å². The van der Waals surface area contributed by atoms with Crippen LogP contribution in [0.4, 0.5) is 5.82 Å². The van der Waals surface area contributed by atoms with Gasteiger partial charge in [-0.3, -0.25) is 14.2 Å². The van der Waals surface area contributed by atoms with Crippen LogP contribution < -0.4 is 5.32 Å². The van der Waals surface area contributed by atoms with Crippen LogP contribution in [0.2, 0.25) is 5.15 Å². The first-order chi connectivity index (χ1) is 12.8. The maximum atomic E-state index is 12.5. The van der Waals surface area contributed by atoms with Crippen LogP contribution in [-0.2, 0) is 18.9 Å². The summed E-state index contributed by atoms with van der Waals surface area (Å²) in [5, 5.41) is 12.1. The molecule has 0 radical (unpaired) electrons. The Labute approximate surface area is 171 Å². The Balaban J connectivity index is 1.88. The molecule has 0 atom stereocenters. The maximum absolute atomic E-state index is 12.5. The molecule has 1 aromatic carbocycles. The van der Waals surface area contributed by atoms with Gasteiger partial charge in [-0.15, -0.1) is 0 Å². The fourth-order valence-corrected chi connectivity index (χ4v) is 3.42. The summed E-state index contributed by atoms with van der Waals surface area (Å²) in [6, 6.07) is 7.89. The topological polar surface area (TPSA) is 64.7 Å². The van der Waals surface area contributed by atoms with Crippen molar-refractivity contribution in [2.45, 2.75) is 13.8 Å². The third-order valence-electron chi connectivity index (χ3n) is 4.19. The van der Waals surface area contributed by atoms with Gasteiger partial charge in [0.15, 0.2) is 0 Å². The highest BCUT2D eigenvalue weighted by Crippen LogP contribution is 2.32. The molecule has 8 heteroatoms. The molecule has 2 aromatic heterocycles. The van der Waals surface area contributed by atoms with Crippen LogP contribution in [0.25, 0.3) is 17.2 Å². The summed E-state index contributed by atoms with van der Waals surface area (Å²) in [5.41, 5.74) is 4.20. The third-order valence-corrected chi connectivity index (χ3v) is 5.17. The third kappa shape index (κ3) is 3.99. The lowest BCUT2D eigenvalue weighted by molar-refractivity contribution is -0.111. The number of aromatic nitrogens is 4. The SMILES string of the molecule is Cc1nn(C)c(Cl)c1/C=C/C(=O)Nc1c(-c2ccc(Br)cc2)c(C)nn1C. The Kier molecular flexibility index (Phi) is 5.53. The normalized spacial score (nSPS) is 11.3. The van der Waals surface area contributed by atoms with Crippen LogP contribution in [-0.4, -0.2) is 25.5 Å². The number of rotatable bonds is 4. The van der Waals surface area contributed by atoms with Crippen LogP contribution in [0.1, 0.15) is 17.0 Å². The molecule has 0 bridgehead atoms. The van der Waals surface area contributed by atoms with Gasteiger partial charge in [-0.05, 0) is 37.6 Å². The number of nitrogens with one attached hydrogen (secondary N) is 1. The van der Waals surface area contributed by atoms with E-state index in [0.717, 1.165) is 32.6 Å². The van der Waals surface area contributed by atoms with Crippen molar-refractivity contribution in [3.05, 3.63) is 56.9 Å². The Hall–Kier alpha value is -2.38. The molecule has 0 fully saturated rings. The molecule has 0 aliphatic carbocycles. The molecule has 0 saturated carbocycles. The zero-order valence-corrected chi connectivity index (χ0v) is 17.8. The van der Waals surface area contributed by atoms with Crippen molar-refractivity contribution in [3.8, 4) is 11.1 Å².